The molecule has 6 nitrogen and oxygen atoms in total. The highest BCUT2D eigenvalue weighted by atomic mass is 19.1. The van der Waals surface area contributed by atoms with Gasteiger partial charge in [0.2, 0.25) is 0 Å². The molecule has 2 amide bonds. The second-order valence-corrected chi connectivity index (χ2v) is 8.23. The van der Waals surface area contributed by atoms with Gasteiger partial charge in [0.05, 0.1) is 17.1 Å². The SMILES string of the molecule is N#Cc1ccc2c(C3=CCN(CCN4CCNC4=O)CC3)cn(-c3ccc(F)cc3)c2c1. The summed E-state index contributed by atoms with van der Waals surface area (Å²) in [5, 5.41) is 13.3. The van der Waals surface area contributed by atoms with Gasteiger partial charge in [0.15, 0.2) is 0 Å². The number of halogens is 1. The van der Waals surface area contributed by atoms with Crippen molar-refractivity contribution in [3.63, 3.8) is 0 Å². The van der Waals surface area contributed by atoms with Gasteiger partial charge in [-0.25, -0.2) is 9.18 Å². The maximum Gasteiger partial charge on any atom is 0.317 e. The number of amides is 2. The summed E-state index contributed by atoms with van der Waals surface area (Å²) in [6, 6.07) is 14.4. The lowest BCUT2D eigenvalue weighted by molar-refractivity contribution is 0.205. The number of nitriles is 1. The Balaban J connectivity index is 1.41. The van der Waals surface area contributed by atoms with Crippen LogP contribution in [-0.2, 0) is 0 Å². The Labute approximate surface area is 186 Å². The molecule has 2 aliphatic heterocycles. The molecule has 0 aliphatic carbocycles. The molecule has 0 unspecified atom stereocenters. The third-order valence-corrected chi connectivity index (χ3v) is 6.31. The number of carbonyl (C=O) groups is 1. The molecule has 1 saturated heterocycles. The fourth-order valence-electron chi connectivity index (χ4n) is 4.51. The summed E-state index contributed by atoms with van der Waals surface area (Å²) in [7, 11) is 0. The number of nitrogens with one attached hydrogen (secondary N) is 1. The largest absolute Gasteiger partial charge is 0.336 e. The third-order valence-electron chi connectivity index (χ3n) is 6.31. The van der Waals surface area contributed by atoms with Crippen LogP contribution in [0, 0.1) is 17.1 Å². The number of hydrogen-bond donors (Lipinski definition) is 1. The minimum Gasteiger partial charge on any atom is -0.336 e. The second kappa shape index (κ2) is 8.48. The van der Waals surface area contributed by atoms with Crippen LogP contribution in [0.4, 0.5) is 9.18 Å². The van der Waals surface area contributed by atoms with E-state index in [-0.39, 0.29) is 11.8 Å². The zero-order valence-corrected chi connectivity index (χ0v) is 17.7. The first-order valence-corrected chi connectivity index (χ1v) is 10.9. The van der Waals surface area contributed by atoms with Crippen molar-refractivity contribution in [1.29, 1.82) is 5.26 Å². The van der Waals surface area contributed by atoms with Gasteiger partial charge in [-0.05, 0) is 48.4 Å². The molecule has 3 aromatic rings. The van der Waals surface area contributed by atoms with Gasteiger partial charge in [-0.3, -0.25) is 4.90 Å². The van der Waals surface area contributed by atoms with Gasteiger partial charge in [-0.1, -0.05) is 12.1 Å². The van der Waals surface area contributed by atoms with E-state index in [0.29, 0.717) is 5.56 Å². The van der Waals surface area contributed by atoms with Gasteiger partial charge < -0.3 is 14.8 Å². The molecule has 1 N–H and O–H groups in total. The van der Waals surface area contributed by atoms with Crippen molar-refractivity contribution in [1.82, 2.24) is 19.7 Å². The number of carbonyl (C=O) groups excluding carboxylic acids is 1. The standard InChI is InChI=1S/C25H24FN5O/c26-20-2-4-21(5-3-20)31-17-23(22-6-1-18(16-27)15-24(22)31)19-7-10-29(11-8-19)13-14-30-12-9-28-25(30)32/h1-7,15,17H,8-14H2,(H,28,32). The van der Waals surface area contributed by atoms with Crippen molar-refractivity contribution in [3.05, 3.63) is 71.7 Å². The van der Waals surface area contributed by atoms with E-state index >= 15 is 0 Å². The highest BCUT2D eigenvalue weighted by Crippen LogP contribution is 2.33. The lowest BCUT2D eigenvalue weighted by Crippen LogP contribution is -2.38. The predicted octanol–water partition coefficient (Wildman–Crippen LogP) is 3.76. The van der Waals surface area contributed by atoms with Crippen LogP contribution < -0.4 is 5.32 Å². The van der Waals surface area contributed by atoms with E-state index in [4.69, 9.17) is 0 Å². The maximum atomic E-state index is 13.5. The molecule has 0 atom stereocenters. The summed E-state index contributed by atoms with van der Waals surface area (Å²) in [5.74, 6) is -0.273. The van der Waals surface area contributed by atoms with Crippen LogP contribution in [0.2, 0.25) is 0 Å². The quantitative estimate of drug-likeness (QED) is 0.672. The van der Waals surface area contributed by atoms with Gasteiger partial charge in [0.1, 0.15) is 5.82 Å². The van der Waals surface area contributed by atoms with Gasteiger partial charge in [-0.15, -0.1) is 0 Å². The number of nitrogens with zero attached hydrogens (tertiary/aromatic N) is 4. The van der Waals surface area contributed by atoms with Crippen LogP contribution in [0.15, 0.2) is 54.7 Å². The first-order chi connectivity index (χ1) is 15.6. The van der Waals surface area contributed by atoms with Gasteiger partial charge in [-0.2, -0.15) is 5.26 Å². The van der Waals surface area contributed by atoms with Crippen molar-refractivity contribution < 1.29 is 9.18 Å². The van der Waals surface area contributed by atoms with Crippen LogP contribution in [0.5, 0.6) is 0 Å². The Hall–Kier alpha value is -3.63. The van der Waals surface area contributed by atoms with E-state index in [9.17, 15) is 14.4 Å². The first-order valence-electron chi connectivity index (χ1n) is 10.9. The van der Waals surface area contributed by atoms with E-state index in [1.54, 1.807) is 12.1 Å². The summed E-state index contributed by atoms with van der Waals surface area (Å²) in [5.41, 5.74) is 4.82. The average molecular weight is 429 g/mol. The van der Waals surface area contributed by atoms with Crippen molar-refractivity contribution in [2.24, 2.45) is 0 Å². The van der Waals surface area contributed by atoms with Crippen LogP contribution >= 0.6 is 0 Å². The number of aromatic nitrogens is 1. The molecule has 5 rings (SSSR count). The summed E-state index contributed by atoms with van der Waals surface area (Å²) < 4.78 is 15.5. The molecule has 0 spiro atoms. The molecule has 1 aromatic heterocycles. The van der Waals surface area contributed by atoms with Crippen molar-refractivity contribution >= 4 is 22.5 Å². The molecule has 0 radical (unpaired) electrons. The minimum atomic E-state index is -0.273. The smallest absolute Gasteiger partial charge is 0.317 e. The van der Waals surface area contributed by atoms with Crippen LogP contribution in [-0.4, -0.2) is 59.7 Å². The number of fused-ring (bicyclic) bond motifs is 1. The average Bonchev–Trinajstić information content (AvgIpc) is 3.41. The molecule has 2 aromatic carbocycles. The molecule has 0 bridgehead atoms. The zero-order valence-electron chi connectivity index (χ0n) is 17.7. The molecule has 0 saturated carbocycles. The normalized spacial score (nSPS) is 16.8. The summed E-state index contributed by atoms with van der Waals surface area (Å²) in [6.07, 6.45) is 5.26. The molecular formula is C25H24FN5O. The van der Waals surface area contributed by atoms with Gasteiger partial charge >= 0.3 is 6.03 Å². The number of hydrogen-bond acceptors (Lipinski definition) is 3. The van der Waals surface area contributed by atoms with Crippen LogP contribution in [0.25, 0.3) is 22.2 Å². The molecule has 2 aliphatic rings. The van der Waals surface area contributed by atoms with Gasteiger partial charge in [0.25, 0.3) is 0 Å². The molecule has 162 valence electrons. The highest BCUT2D eigenvalue weighted by molar-refractivity contribution is 5.95. The Kier molecular flexibility index (Phi) is 5.38. The van der Waals surface area contributed by atoms with Crippen LogP contribution in [0.3, 0.4) is 0 Å². The van der Waals surface area contributed by atoms with Crippen molar-refractivity contribution in [3.8, 4) is 11.8 Å². The third kappa shape index (κ3) is 3.85. The van der Waals surface area contributed by atoms with E-state index in [2.05, 4.69) is 28.6 Å². The summed E-state index contributed by atoms with van der Waals surface area (Å²) >= 11 is 0. The fourth-order valence-corrected chi connectivity index (χ4v) is 4.51. The van der Waals surface area contributed by atoms with E-state index in [0.717, 1.165) is 67.8 Å². The molecular weight excluding hydrogens is 405 g/mol. The van der Waals surface area contributed by atoms with E-state index < -0.39 is 0 Å². The highest BCUT2D eigenvalue weighted by Gasteiger charge is 2.22. The molecule has 3 heterocycles. The monoisotopic (exact) mass is 429 g/mol. The molecule has 32 heavy (non-hydrogen) atoms. The first kappa shape index (κ1) is 20.3. The Morgan fingerprint density at radius 2 is 1.94 bits per heavy atom. The van der Waals surface area contributed by atoms with E-state index in [1.807, 2.05) is 27.7 Å². The van der Waals surface area contributed by atoms with Crippen molar-refractivity contribution in [2.45, 2.75) is 6.42 Å². The number of urea groups is 1. The number of rotatable bonds is 5. The summed E-state index contributed by atoms with van der Waals surface area (Å²) in [4.78, 5) is 16.0. The molecule has 1 fully saturated rings. The Bertz CT molecular complexity index is 1240. The Morgan fingerprint density at radius 3 is 2.62 bits per heavy atom. The Morgan fingerprint density at radius 1 is 1.09 bits per heavy atom. The van der Waals surface area contributed by atoms with Gasteiger partial charge in [0, 0.05) is 62.1 Å². The topological polar surface area (TPSA) is 64.3 Å². The fraction of sp³-hybridized carbons (Fsp3) is 0.280. The minimum absolute atomic E-state index is 0.0311. The van der Waals surface area contributed by atoms with E-state index in [1.165, 1.54) is 17.7 Å². The zero-order chi connectivity index (χ0) is 22.1. The predicted molar refractivity (Wildman–Crippen MR) is 122 cm³/mol. The maximum absolute atomic E-state index is 13.5. The molecule has 7 heteroatoms. The number of benzene rings is 2. The van der Waals surface area contributed by atoms with Crippen molar-refractivity contribution in [2.75, 3.05) is 39.3 Å². The second-order valence-electron chi connectivity index (χ2n) is 8.23. The van der Waals surface area contributed by atoms with Crippen LogP contribution in [0.1, 0.15) is 17.5 Å². The lowest BCUT2D eigenvalue weighted by atomic mass is 9.98. The summed E-state index contributed by atoms with van der Waals surface area (Å²) in [6.45, 7) is 4.89. The lowest BCUT2D eigenvalue weighted by Gasteiger charge is -2.28.